The molecule has 1 heterocycles. The predicted octanol–water partition coefficient (Wildman–Crippen LogP) is 2.87. The Hall–Kier alpha value is -1.57. The molecule has 0 unspecified atom stereocenters. The second-order valence-corrected chi connectivity index (χ2v) is 7.51. The van der Waals surface area contributed by atoms with Crippen LogP contribution in [0.5, 0.6) is 0 Å². The van der Waals surface area contributed by atoms with Gasteiger partial charge in [-0.3, -0.25) is 9.52 Å². The third-order valence-electron chi connectivity index (χ3n) is 2.73. The molecule has 0 atom stereocenters. The Bertz CT molecular complexity index is 784. The van der Waals surface area contributed by atoms with Crippen molar-refractivity contribution in [3.05, 3.63) is 45.1 Å². The number of sulfonamides is 1. The number of anilines is 1. The van der Waals surface area contributed by atoms with Crippen molar-refractivity contribution in [2.24, 2.45) is 0 Å². The van der Waals surface area contributed by atoms with Crippen molar-refractivity contribution in [2.75, 3.05) is 11.8 Å². The number of nitrogens with one attached hydrogen (secondary N) is 2. The predicted molar refractivity (Wildman–Crippen MR) is 84.7 cm³/mol. The number of carbonyl (C=O) groups is 1. The summed E-state index contributed by atoms with van der Waals surface area (Å²) in [6.07, 6.45) is 0. The van der Waals surface area contributed by atoms with Crippen molar-refractivity contribution < 1.29 is 13.2 Å². The third kappa shape index (κ3) is 3.37. The van der Waals surface area contributed by atoms with Crippen molar-refractivity contribution >= 4 is 44.6 Å². The highest BCUT2D eigenvalue weighted by atomic mass is 35.5. The van der Waals surface area contributed by atoms with Gasteiger partial charge in [-0.15, -0.1) is 11.3 Å². The maximum atomic E-state index is 12.4. The minimum absolute atomic E-state index is 0.0750. The van der Waals surface area contributed by atoms with Crippen LogP contribution in [0.2, 0.25) is 5.02 Å². The van der Waals surface area contributed by atoms with Crippen LogP contribution in [-0.4, -0.2) is 21.4 Å². The molecule has 0 bridgehead atoms. The van der Waals surface area contributed by atoms with E-state index in [0.29, 0.717) is 20.5 Å². The largest absolute Gasteiger partial charge is 0.354 e. The van der Waals surface area contributed by atoms with E-state index in [1.54, 1.807) is 31.2 Å². The van der Waals surface area contributed by atoms with Gasteiger partial charge in [0, 0.05) is 11.9 Å². The van der Waals surface area contributed by atoms with E-state index in [0.717, 1.165) is 11.3 Å². The van der Waals surface area contributed by atoms with Crippen LogP contribution in [0, 0.1) is 6.92 Å². The van der Waals surface area contributed by atoms with E-state index >= 15 is 0 Å². The molecule has 0 aliphatic heterocycles. The first-order valence-corrected chi connectivity index (χ1v) is 8.63. The summed E-state index contributed by atoms with van der Waals surface area (Å²) in [5, 5.41) is 2.77. The van der Waals surface area contributed by atoms with Gasteiger partial charge >= 0.3 is 0 Å². The molecule has 0 saturated heterocycles. The lowest BCUT2D eigenvalue weighted by molar-refractivity contribution is 0.0967. The molecule has 0 fully saturated rings. The summed E-state index contributed by atoms with van der Waals surface area (Å²) in [5.74, 6) is -0.317. The van der Waals surface area contributed by atoms with E-state index in [1.807, 2.05) is 0 Å². The van der Waals surface area contributed by atoms with E-state index in [9.17, 15) is 13.2 Å². The van der Waals surface area contributed by atoms with Crippen LogP contribution in [0.15, 0.2) is 35.2 Å². The molecule has 112 valence electrons. The molecule has 0 radical (unpaired) electrons. The Labute approximate surface area is 132 Å². The second kappa shape index (κ2) is 6.05. The van der Waals surface area contributed by atoms with Gasteiger partial charge in [0.1, 0.15) is 4.90 Å². The van der Waals surface area contributed by atoms with Crippen LogP contribution in [0.4, 0.5) is 5.69 Å². The van der Waals surface area contributed by atoms with Gasteiger partial charge in [0.25, 0.3) is 15.9 Å². The lowest BCUT2D eigenvalue weighted by Gasteiger charge is -2.08. The number of benzene rings is 1. The molecule has 0 aliphatic rings. The van der Waals surface area contributed by atoms with Gasteiger partial charge in [-0.05, 0) is 25.1 Å². The Morgan fingerprint density at radius 1 is 1.29 bits per heavy atom. The van der Waals surface area contributed by atoms with E-state index < -0.39 is 10.0 Å². The van der Waals surface area contributed by atoms with E-state index in [2.05, 4.69) is 10.0 Å². The highest BCUT2D eigenvalue weighted by Gasteiger charge is 2.22. The molecular formula is C13H13ClN2O3S2. The van der Waals surface area contributed by atoms with Crippen molar-refractivity contribution in [1.82, 2.24) is 5.32 Å². The number of halogens is 1. The molecule has 2 N–H and O–H groups in total. The minimum atomic E-state index is -3.79. The molecule has 0 saturated carbocycles. The van der Waals surface area contributed by atoms with Crippen LogP contribution < -0.4 is 10.0 Å². The van der Waals surface area contributed by atoms with Crippen molar-refractivity contribution in [1.29, 1.82) is 0 Å². The number of thiophene rings is 1. The molecule has 1 aromatic heterocycles. The molecule has 2 aromatic rings. The summed E-state index contributed by atoms with van der Waals surface area (Å²) in [6, 6.07) is 7.91. The fourth-order valence-electron chi connectivity index (χ4n) is 1.71. The summed E-state index contributed by atoms with van der Waals surface area (Å²) >= 11 is 7.07. The van der Waals surface area contributed by atoms with Crippen LogP contribution in [0.25, 0.3) is 0 Å². The van der Waals surface area contributed by atoms with Gasteiger partial charge in [0.2, 0.25) is 0 Å². The van der Waals surface area contributed by atoms with Gasteiger partial charge in [-0.2, -0.15) is 0 Å². The third-order valence-corrected chi connectivity index (χ3v) is 5.73. The summed E-state index contributed by atoms with van der Waals surface area (Å²) in [4.78, 5) is 12.5. The Kier molecular flexibility index (Phi) is 4.55. The number of amides is 1. The van der Waals surface area contributed by atoms with E-state index in [1.165, 1.54) is 13.1 Å². The van der Waals surface area contributed by atoms with Gasteiger partial charge in [0.15, 0.2) is 0 Å². The molecular weight excluding hydrogens is 332 g/mol. The molecule has 8 heteroatoms. The monoisotopic (exact) mass is 344 g/mol. The summed E-state index contributed by atoms with van der Waals surface area (Å²) < 4.78 is 27.2. The van der Waals surface area contributed by atoms with E-state index in [4.69, 9.17) is 11.6 Å². The maximum Gasteiger partial charge on any atom is 0.263 e. The summed E-state index contributed by atoms with van der Waals surface area (Å²) in [5.41, 5.74) is 0.297. The van der Waals surface area contributed by atoms with E-state index in [-0.39, 0.29) is 10.8 Å². The van der Waals surface area contributed by atoms with Crippen molar-refractivity contribution in [2.45, 2.75) is 11.8 Å². The fraction of sp³-hybridized carbons (Fsp3) is 0.154. The molecule has 0 spiro atoms. The zero-order valence-electron chi connectivity index (χ0n) is 11.3. The number of hydrogen-bond acceptors (Lipinski definition) is 4. The Balaban J connectivity index is 2.39. The standard InChI is InChI=1S/C13H13ClN2O3S2/c1-8-12(7-11(20-8)13(17)15-2)21(18,19)16-10-6-4-3-5-9(10)14/h3-7,16H,1-2H3,(H,15,17). The zero-order chi connectivity index (χ0) is 15.6. The SMILES string of the molecule is CNC(=O)c1cc(S(=O)(=O)Nc2ccccc2Cl)c(C)s1. The first-order valence-electron chi connectivity index (χ1n) is 5.95. The second-order valence-electron chi connectivity index (χ2n) is 4.20. The number of aryl methyl sites for hydroxylation is 1. The first-order chi connectivity index (χ1) is 9.85. The first kappa shape index (κ1) is 15.8. The Morgan fingerprint density at radius 2 is 1.95 bits per heavy atom. The average molecular weight is 345 g/mol. The van der Waals surface area contributed by atoms with Crippen LogP contribution in [-0.2, 0) is 10.0 Å². The number of hydrogen-bond donors (Lipinski definition) is 2. The molecule has 1 amide bonds. The van der Waals surface area contributed by atoms with Crippen LogP contribution in [0.1, 0.15) is 14.5 Å². The summed E-state index contributed by atoms with van der Waals surface area (Å²) in [7, 11) is -2.30. The zero-order valence-corrected chi connectivity index (χ0v) is 13.7. The molecule has 21 heavy (non-hydrogen) atoms. The number of para-hydroxylation sites is 1. The Morgan fingerprint density at radius 3 is 2.57 bits per heavy atom. The topological polar surface area (TPSA) is 75.3 Å². The summed E-state index contributed by atoms with van der Waals surface area (Å²) in [6.45, 7) is 1.65. The van der Waals surface area contributed by atoms with Crippen LogP contribution >= 0.6 is 22.9 Å². The molecule has 5 nitrogen and oxygen atoms in total. The average Bonchev–Trinajstić information content (AvgIpc) is 2.83. The highest BCUT2D eigenvalue weighted by molar-refractivity contribution is 7.93. The smallest absolute Gasteiger partial charge is 0.263 e. The molecule has 0 aliphatic carbocycles. The number of rotatable bonds is 4. The lowest BCUT2D eigenvalue weighted by Crippen LogP contribution is -2.16. The van der Waals surface area contributed by atoms with Crippen molar-refractivity contribution in [3.63, 3.8) is 0 Å². The number of carbonyl (C=O) groups excluding carboxylic acids is 1. The minimum Gasteiger partial charge on any atom is -0.354 e. The van der Waals surface area contributed by atoms with Crippen molar-refractivity contribution in [3.8, 4) is 0 Å². The fourth-order valence-corrected chi connectivity index (χ4v) is 4.57. The van der Waals surface area contributed by atoms with Crippen LogP contribution in [0.3, 0.4) is 0 Å². The maximum absolute atomic E-state index is 12.4. The van der Waals surface area contributed by atoms with Gasteiger partial charge in [0.05, 0.1) is 15.6 Å². The van der Waals surface area contributed by atoms with Gasteiger partial charge in [-0.1, -0.05) is 23.7 Å². The lowest BCUT2D eigenvalue weighted by atomic mass is 10.3. The van der Waals surface area contributed by atoms with Gasteiger partial charge < -0.3 is 5.32 Å². The quantitative estimate of drug-likeness (QED) is 0.895. The normalized spacial score (nSPS) is 11.2. The molecule has 2 rings (SSSR count). The molecule has 1 aromatic carbocycles. The van der Waals surface area contributed by atoms with Gasteiger partial charge in [-0.25, -0.2) is 8.42 Å². The highest BCUT2D eigenvalue weighted by Crippen LogP contribution is 2.29.